The zero-order chi connectivity index (χ0) is 10.0. The average molecular weight is 183 g/mol. The maximum absolute atomic E-state index is 11.7. The third-order valence-corrected chi connectivity index (χ3v) is 3.41. The molecule has 0 radical (unpaired) electrons. The summed E-state index contributed by atoms with van der Waals surface area (Å²) in [6.07, 6.45) is 1.86. The maximum atomic E-state index is 11.7. The molecule has 2 heteroatoms. The summed E-state index contributed by atoms with van der Waals surface area (Å²) < 4.78 is 0. The number of nitrogens with one attached hydrogen (secondary N) is 1. The van der Waals surface area contributed by atoms with Crippen molar-refractivity contribution in [1.29, 1.82) is 0 Å². The molecule has 4 unspecified atom stereocenters. The van der Waals surface area contributed by atoms with Crippen molar-refractivity contribution < 1.29 is 4.79 Å². The highest BCUT2D eigenvalue weighted by molar-refractivity contribution is 5.82. The van der Waals surface area contributed by atoms with E-state index in [1.54, 1.807) is 0 Å². The average Bonchev–Trinajstić information content (AvgIpc) is 2.39. The molecule has 1 N–H and O–H groups in total. The number of hydrogen-bond acceptors (Lipinski definition) is 2. The van der Waals surface area contributed by atoms with Crippen LogP contribution < -0.4 is 5.32 Å². The first-order valence-corrected chi connectivity index (χ1v) is 5.31. The molecule has 0 heterocycles. The van der Waals surface area contributed by atoms with E-state index in [9.17, 15) is 4.79 Å². The maximum Gasteiger partial charge on any atom is 0.137 e. The number of ketones is 1. The van der Waals surface area contributed by atoms with Gasteiger partial charge in [0.15, 0.2) is 0 Å². The third kappa shape index (κ3) is 1.93. The zero-order valence-electron chi connectivity index (χ0n) is 9.13. The fourth-order valence-corrected chi connectivity index (χ4v) is 2.80. The standard InChI is InChI=1S/C11H21NO/c1-5-9(13)10-7(2)6-8(3)11(10)12-4/h7-8,10-12H,5-6H2,1-4H3. The number of carbonyl (C=O) groups excluding carboxylic acids is 1. The van der Waals surface area contributed by atoms with Crippen molar-refractivity contribution in [1.82, 2.24) is 5.32 Å². The van der Waals surface area contributed by atoms with Crippen molar-refractivity contribution in [3.05, 3.63) is 0 Å². The minimum atomic E-state index is 0.255. The van der Waals surface area contributed by atoms with Crippen LogP contribution in [0.15, 0.2) is 0 Å². The second kappa shape index (κ2) is 4.23. The summed E-state index contributed by atoms with van der Waals surface area (Å²) in [5.41, 5.74) is 0. The summed E-state index contributed by atoms with van der Waals surface area (Å²) in [5, 5.41) is 3.29. The van der Waals surface area contributed by atoms with E-state index in [2.05, 4.69) is 19.2 Å². The van der Waals surface area contributed by atoms with Gasteiger partial charge in [-0.25, -0.2) is 0 Å². The van der Waals surface area contributed by atoms with Crippen LogP contribution in [0.3, 0.4) is 0 Å². The second-order valence-corrected chi connectivity index (χ2v) is 4.35. The summed E-state index contributed by atoms with van der Waals surface area (Å²) in [4.78, 5) is 11.7. The van der Waals surface area contributed by atoms with E-state index >= 15 is 0 Å². The van der Waals surface area contributed by atoms with E-state index in [0.717, 1.165) is 0 Å². The number of carbonyl (C=O) groups is 1. The lowest BCUT2D eigenvalue weighted by atomic mass is 9.89. The SMILES string of the molecule is CCC(=O)C1C(C)CC(C)C1NC. The number of rotatable bonds is 3. The van der Waals surface area contributed by atoms with Gasteiger partial charge in [-0.2, -0.15) is 0 Å². The molecule has 2 nitrogen and oxygen atoms in total. The van der Waals surface area contributed by atoms with E-state index < -0.39 is 0 Å². The second-order valence-electron chi connectivity index (χ2n) is 4.35. The third-order valence-electron chi connectivity index (χ3n) is 3.41. The Kier molecular flexibility index (Phi) is 3.48. The molecular weight excluding hydrogens is 162 g/mol. The molecule has 0 aromatic carbocycles. The molecule has 1 aliphatic rings. The van der Waals surface area contributed by atoms with Gasteiger partial charge in [-0.3, -0.25) is 4.79 Å². The lowest BCUT2D eigenvalue weighted by Crippen LogP contribution is -2.38. The fraction of sp³-hybridized carbons (Fsp3) is 0.909. The van der Waals surface area contributed by atoms with Crippen LogP contribution in [0.4, 0.5) is 0 Å². The van der Waals surface area contributed by atoms with Crippen LogP contribution in [0.1, 0.15) is 33.6 Å². The van der Waals surface area contributed by atoms with E-state index in [1.807, 2.05) is 14.0 Å². The van der Waals surface area contributed by atoms with Crippen LogP contribution in [-0.2, 0) is 4.79 Å². The smallest absolute Gasteiger partial charge is 0.137 e. The van der Waals surface area contributed by atoms with Gasteiger partial charge in [-0.15, -0.1) is 0 Å². The molecule has 0 bridgehead atoms. The molecule has 1 fully saturated rings. The van der Waals surface area contributed by atoms with Gasteiger partial charge in [0.05, 0.1) is 0 Å². The molecule has 0 amide bonds. The Hall–Kier alpha value is -0.370. The van der Waals surface area contributed by atoms with E-state index in [0.29, 0.717) is 30.1 Å². The van der Waals surface area contributed by atoms with Gasteiger partial charge in [0.2, 0.25) is 0 Å². The van der Waals surface area contributed by atoms with Gasteiger partial charge in [0, 0.05) is 18.4 Å². The molecule has 0 aromatic rings. The van der Waals surface area contributed by atoms with Crippen molar-refractivity contribution >= 4 is 5.78 Å². The Morgan fingerprint density at radius 2 is 2.00 bits per heavy atom. The van der Waals surface area contributed by atoms with Crippen molar-refractivity contribution in [2.75, 3.05) is 7.05 Å². The molecule has 4 atom stereocenters. The van der Waals surface area contributed by atoms with Gasteiger partial charge < -0.3 is 5.32 Å². The largest absolute Gasteiger partial charge is 0.316 e. The van der Waals surface area contributed by atoms with Gasteiger partial charge >= 0.3 is 0 Å². The fourth-order valence-electron chi connectivity index (χ4n) is 2.80. The summed E-state index contributed by atoms with van der Waals surface area (Å²) in [6.45, 7) is 6.40. The summed E-state index contributed by atoms with van der Waals surface area (Å²) in [7, 11) is 1.97. The number of hydrogen-bond donors (Lipinski definition) is 1. The number of Topliss-reactive ketones (excluding diaryl/α,β-unsaturated/α-hetero) is 1. The quantitative estimate of drug-likeness (QED) is 0.723. The van der Waals surface area contributed by atoms with Crippen LogP contribution in [0.5, 0.6) is 0 Å². The molecule has 0 aromatic heterocycles. The van der Waals surface area contributed by atoms with Crippen LogP contribution >= 0.6 is 0 Å². The molecule has 1 aliphatic carbocycles. The first-order chi connectivity index (χ1) is 6.11. The zero-order valence-corrected chi connectivity index (χ0v) is 9.13. The van der Waals surface area contributed by atoms with E-state index in [-0.39, 0.29) is 5.92 Å². The summed E-state index contributed by atoms with van der Waals surface area (Å²) in [5.74, 6) is 1.88. The Morgan fingerprint density at radius 3 is 2.46 bits per heavy atom. The predicted octanol–water partition coefficient (Wildman–Crippen LogP) is 1.85. The molecular formula is C11H21NO. The molecule has 76 valence electrons. The van der Waals surface area contributed by atoms with Gasteiger partial charge in [0.1, 0.15) is 5.78 Å². The molecule has 1 rings (SSSR count). The van der Waals surface area contributed by atoms with Gasteiger partial charge in [-0.05, 0) is 25.3 Å². The predicted molar refractivity (Wildman–Crippen MR) is 54.6 cm³/mol. The van der Waals surface area contributed by atoms with Crippen LogP contribution in [0.25, 0.3) is 0 Å². The monoisotopic (exact) mass is 183 g/mol. The molecule has 13 heavy (non-hydrogen) atoms. The summed E-state index contributed by atoms with van der Waals surface area (Å²) in [6, 6.07) is 0.405. The van der Waals surface area contributed by atoms with Gasteiger partial charge in [0.25, 0.3) is 0 Å². The Bertz CT molecular complexity index is 191. The molecule has 0 saturated heterocycles. The lowest BCUT2D eigenvalue weighted by Gasteiger charge is -2.22. The molecule has 1 saturated carbocycles. The topological polar surface area (TPSA) is 29.1 Å². The van der Waals surface area contributed by atoms with Crippen LogP contribution in [-0.4, -0.2) is 18.9 Å². The molecule has 0 spiro atoms. The lowest BCUT2D eigenvalue weighted by molar-refractivity contribution is -0.124. The van der Waals surface area contributed by atoms with E-state index in [4.69, 9.17) is 0 Å². The minimum Gasteiger partial charge on any atom is -0.316 e. The summed E-state index contributed by atoms with van der Waals surface area (Å²) >= 11 is 0. The Morgan fingerprint density at radius 1 is 1.38 bits per heavy atom. The van der Waals surface area contributed by atoms with Crippen LogP contribution in [0, 0.1) is 17.8 Å². The van der Waals surface area contributed by atoms with Crippen molar-refractivity contribution in [3.8, 4) is 0 Å². The first kappa shape index (κ1) is 10.7. The van der Waals surface area contributed by atoms with Gasteiger partial charge in [-0.1, -0.05) is 20.8 Å². The Labute approximate surface area is 81.1 Å². The first-order valence-electron chi connectivity index (χ1n) is 5.31. The highest BCUT2D eigenvalue weighted by atomic mass is 16.1. The highest BCUT2D eigenvalue weighted by Crippen LogP contribution is 2.37. The minimum absolute atomic E-state index is 0.255. The molecule has 0 aliphatic heterocycles. The van der Waals surface area contributed by atoms with Crippen LogP contribution in [0.2, 0.25) is 0 Å². The van der Waals surface area contributed by atoms with E-state index in [1.165, 1.54) is 6.42 Å². The Balaban J connectivity index is 2.74. The van der Waals surface area contributed by atoms with Crippen molar-refractivity contribution in [3.63, 3.8) is 0 Å². The highest BCUT2D eigenvalue weighted by Gasteiger charge is 2.40. The normalized spacial score (nSPS) is 39.4. The van der Waals surface area contributed by atoms with Crippen molar-refractivity contribution in [2.45, 2.75) is 39.7 Å². The van der Waals surface area contributed by atoms with Crippen molar-refractivity contribution in [2.24, 2.45) is 17.8 Å².